The third-order valence-corrected chi connectivity index (χ3v) is 4.82. The van der Waals surface area contributed by atoms with E-state index in [1.54, 1.807) is 36.4 Å². The summed E-state index contributed by atoms with van der Waals surface area (Å²) in [5, 5.41) is 15.7. The first-order chi connectivity index (χ1) is 14.3. The average Bonchev–Trinajstić information content (AvgIpc) is 3.07. The van der Waals surface area contributed by atoms with Gasteiger partial charge in [0.2, 0.25) is 5.82 Å². The van der Waals surface area contributed by atoms with E-state index in [1.807, 2.05) is 0 Å². The van der Waals surface area contributed by atoms with Crippen molar-refractivity contribution in [2.75, 3.05) is 0 Å². The summed E-state index contributed by atoms with van der Waals surface area (Å²) in [7, 11) is 0. The number of nitrogens with zero attached hydrogens (tertiary/aromatic N) is 3. The lowest BCUT2D eigenvalue weighted by Gasteiger charge is -2.11. The third kappa shape index (κ3) is 2.88. The number of aromatic nitrogens is 1. The SMILES string of the molecule is N=C(N=NN)c1ccc2c(c1)c1ccccc1n2Cc1c(F)c(F)c(F)c(F)c1F. The molecule has 0 bridgehead atoms. The smallest absolute Gasteiger partial charge is 0.200 e. The van der Waals surface area contributed by atoms with E-state index in [0.717, 1.165) is 0 Å². The van der Waals surface area contributed by atoms with E-state index in [0.29, 0.717) is 27.4 Å². The number of rotatable bonds is 3. The molecule has 1 heterocycles. The van der Waals surface area contributed by atoms with Crippen molar-refractivity contribution in [2.24, 2.45) is 16.2 Å². The Labute approximate surface area is 165 Å². The van der Waals surface area contributed by atoms with Crippen molar-refractivity contribution >= 4 is 27.6 Å². The monoisotopic (exact) mass is 417 g/mol. The topological polar surface area (TPSA) is 79.5 Å². The molecule has 0 aliphatic carbocycles. The lowest BCUT2D eigenvalue weighted by molar-refractivity contribution is 0.369. The van der Waals surface area contributed by atoms with Crippen molar-refractivity contribution in [1.29, 1.82) is 5.41 Å². The molecule has 3 N–H and O–H groups in total. The van der Waals surface area contributed by atoms with Gasteiger partial charge >= 0.3 is 0 Å². The van der Waals surface area contributed by atoms with E-state index in [9.17, 15) is 22.0 Å². The molecule has 10 heteroatoms. The van der Waals surface area contributed by atoms with Gasteiger partial charge in [0.05, 0.1) is 6.54 Å². The van der Waals surface area contributed by atoms with Crippen LogP contribution in [0.2, 0.25) is 0 Å². The fourth-order valence-corrected chi connectivity index (χ4v) is 3.43. The first-order valence-corrected chi connectivity index (χ1v) is 8.56. The van der Waals surface area contributed by atoms with E-state index < -0.39 is 41.2 Å². The minimum atomic E-state index is -2.20. The molecule has 4 aromatic rings. The average molecular weight is 417 g/mol. The summed E-state index contributed by atoms with van der Waals surface area (Å²) in [5.41, 5.74) is 0.431. The molecular weight excluding hydrogens is 405 g/mol. The molecule has 0 amide bonds. The van der Waals surface area contributed by atoms with E-state index in [4.69, 9.17) is 11.3 Å². The van der Waals surface area contributed by atoms with Crippen LogP contribution in [0.15, 0.2) is 52.8 Å². The molecule has 1 aromatic heterocycles. The quantitative estimate of drug-likeness (QED) is 0.0691. The van der Waals surface area contributed by atoms with Gasteiger partial charge in [-0.25, -0.2) is 22.0 Å². The van der Waals surface area contributed by atoms with Gasteiger partial charge in [-0.1, -0.05) is 23.4 Å². The van der Waals surface area contributed by atoms with Crippen LogP contribution in [0.1, 0.15) is 11.1 Å². The lowest BCUT2D eigenvalue weighted by atomic mass is 10.1. The highest BCUT2D eigenvalue weighted by Gasteiger charge is 2.26. The Balaban J connectivity index is 1.97. The maximum Gasteiger partial charge on any atom is 0.200 e. The van der Waals surface area contributed by atoms with Crippen LogP contribution in [0.4, 0.5) is 22.0 Å². The standard InChI is InChI=1S/C20H12F5N5/c21-15-12(16(22)18(24)19(25)17(15)23)8-30-13-4-2-1-3-10(13)11-7-9(5-6-14(11)30)20(26)28-29-27/h1-7H,8H2,(H3,26,27,28). The molecule has 0 saturated heterocycles. The second-order valence-electron chi connectivity index (χ2n) is 6.45. The number of nitrogens with one attached hydrogen (secondary N) is 1. The van der Waals surface area contributed by atoms with Gasteiger partial charge < -0.3 is 10.4 Å². The summed E-state index contributed by atoms with van der Waals surface area (Å²) < 4.78 is 70.6. The van der Waals surface area contributed by atoms with Crippen LogP contribution in [0.25, 0.3) is 21.8 Å². The van der Waals surface area contributed by atoms with Gasteiger partial charge in [0, 0.05) is 32.9 Å². The number of para-hydroxylation sites is 1. The number of hydrogen-bond donors (Lipinski definition) is 2. The number of halogens is 5. The zero-order valence-electron chi connectivity index (χ0n) is 15.1. The number of nitrogens with two attached hydrogens (primary N) is 1. The number of amidine groups is 1. The molecule has 0 unspecified atom stereocenters. The van der Waals surface area contributed by atoms with Crippen molar-refractivity contribution in [3.8, 4) is 0 Å². The summed E-state index contributed by atoms with van der Waals surface area (Å²) >= 11 is 0. The molecule has 152 valence electrons. The predicted molar refractivity (Wildman–Crippen MR) is 101 cm³/mol. The number of fused-ring (bicyclic) bond motifs is 3. The molecule has 30 heavy (non-hydrogen) atoms. The Morgan fingerprint density at radius 1 is 0.833 bits per heavy atom. The van der Waals surface area contributed by atoms with Crippen molar-refractivity contribution in [3.63, 3.8) is 0 Å². The minimum Gasteiger partial charge on any atom is -0.336 e. The number of benzene rings is 3. The van der Waals surface area contributed by atoms with Crippen molar-refractivity contribution in [2.45, 2.75) is 6.54 Å². The maximum absolute atomic E-state index is 14.3. The van der Waals surface area contributed by atoms with Gasteiger partial charge in [-0.3, -0.25) is 5.41 Å². The van der Waals surface area contributed by atoms with Gasteiger partial charge in [0.15, 0.2) is 29.1 Å². The Bertz CT molecular complexity index is 1330. The van der Waals surface area contributed by atoms with Crippen LogP contribution in [0.3, 0.4) is 0 Å². The second-order valence-corrected chi connectivity index (χ2v) is 6.45. The Morgan fingerprint density at radius 3 is 2.10 bits per heavy atom. The molecule has 0 aliphatic heterocycles. The van der Waals surface area contributed by atoms with Crippen molar-refractivity contribution in [1.82, 2.24) is 4.57 Å². The maximum atomic E-state index is 14.3. The zero-order valence-corrected chi connectivity index (χ0v) is 15.1. The largest absolute Gasteiger partial charge is 0.336 e. The third-order valence-electron chi connectivity index (χ3n) is 4.82. The van der Waals surface area contributed by atoms with Crippen LogP contribution >= 0.6 is 0 Å². The highest BCUT2D eigenvalue weighted by Crippen LogP contribution is 2.32. The van der Waals surface area contributed by atoms with Crippen LogP contribution < -0.4 is 5.84 Å². The van der Waals surface area contributed by atoms with Crippen LogP contribution in [-0.2, 0) is 6.54 Å². The molecule has 0 saturated carbocycles. The molecule has 0 radical (unpaired) electrons. The summed E-state index contributed by atoms with van der Waals surface area (Å²) in [6, 6.07) is 11.5. The summed E-state index contributed by atoms with van der Waals surface area (Å²) in [5.74, 6) is -5.16. The summed E-state index contributed by atoms with van der Waals surface area (Å²) in [4.78, 5) is 0. The van der Waals surface area contributed by atoms with Gasteiger partial charge in [-0.2, -0.15) is 0 Å². The van der Waals surface area contributed by atoms with Gasteiger partial charge in [0.25, 0.3) is 0 Å². The van der Waals surface area contributed by atoms with Crippen LogP contribution in [0, 0.1) is 34.5 Å². The zero-order chi connectivity index (χ0) is 21.6. The molecule has 4 rings (SSSR count). The first kappa shape index (κ1) is 19.5. The van der Waals surface area contributed by atoms with E-state index in [2.05, 4.69) is 10.3 Å². The lowest BCUT2D eigenvalue weighted by Crippen LogP contribution is -2.11. The van der Waals surface area contributed by atoms with Crippen LogP contribution in [0.5, 0.6) is 0 Å². The van der Waals surface area contributed by atoms with Crippen molar-refractivity contribution < 1.29 is 22.0 Å². The van der Waals surface area contributed by atoms with E-state index in [1.165, 1.54) is 10.6 Å². The van der Waals surface area contributed by atoms with Gasteiger partial charge in [-0.15, -0.1) is 5.11 Å². The van der Waals surface area contributed by atoms with Gasteiger partial charge in [-0.05, 0) is 24.3 Å². The predicted octanol–water partition coefficient (Wildman–Crippen LogP) is 5.19. The molecular formula is C20H12F5N5. The molecule has 0 fully saturated rings. The highest BCUT2D eigenvalue weighted by molar-refractivity contribution is 6.11. The molecule has 3 aromatic carbocycles. The normalized spacial score (nSPS) is 11.8. The summed E-state index contributed by atoms with van der Waals surface area (Å²) in [6.45, 7) is -0.588. The van der Waals surface area contributed by atoms with E-state index in [-0.39, 0.29) is 5.84 Å². The van der Waals surface area contributed by atoms with Crippen molar-refractivity contribution in [3.05, 3.63) is 82.7 Å². The Kier molecular flexibility index (Phi) is 4.69. The fraction of sp³-hybridized carbons (Fsp3) is 0.0500. The fourth-order valence-electron chi connectivity index (χ4n) is 3.43. The molecule has 5 nitrogen and oxygen atoms in total. The number of hydrogen-bond acceptors (Lipinski definition) is 2. The van der Waals surface area contributed by atoms with Gasteiger partial charge in [0.1, 0.15) is 0 Å². The molecule has 0 atom stereocenters. The summed E-state index contributed by atoms with van der Waals surface area (Å²) in [6.07, 6.45) is 0. The van der Waals surface area contributed by atoms with E-state index >= 15 is 0 Å². The molecule has 0 aliphatic rings. The highest BCUT2D eigenvalue weighted by atomic mass is 19.2. The van der Waals surface area contributed by atoms with Crippen LogP contribution in [-0.4, -0.2) is 10.4 Å². The minimum absolute atomic E-state index is 0.198. The Morgan fingerprint density at radius 2 is 1.43 bits per heavy atom. The first-order valence-electron chi connectivity index (χ1n) is 8.56. The second kappa shape index (κ2) is 7.21. The Hall–Kier alpha value is -3.82. The molecule has 0 spiro atoms.